The molecule has 0 saturated heterocycles. The van der Waals surface area contributed by atoms with Crippen molar-refractivity contribution in [3.05, 3.63) is 56.4 Å². The second-order valence-electron chi connectivity index (χ2n) is 6.78. The molecule has 28 heavy (non-hydrogen) atoms. The molecule has 1 aliphatic rings. The van der Waals surface area contributed by atoms with Crippen LogP contribution in [-0.4, -0.2) is 27.7 Å². The predicted octanol–water partition coefficient (Wildman–Crippen LogP) is 3.89. The number of fused-ring (bicyclic) bond motifs is 3. The number of ether oxygens (including phenoxy) is 1. The first-order chi connectivity index (χ1) is 13.6. The number of carboxylic acid groups (broad SMARTS) is 1. The lowest BCUT2D eigenvalue weighted by Gasteiger charge is -2.03. The summed E-state index contributed by atoms with van der Waals surface area (Å²) in [4.78, 5) is 32.8. The number of carboxylic acids is 1. The summed E-state index contributed by atoms with van der Waals surface area (Å²) in [7, 11) is 0. The first-order valence-electron chi connectivity index (χ1n) is 9.27. The number of aromatic nitrogens is 2. The van der Waals surface area contributed by atoms with Crippen LogP contribution in [0.15, 0.2) is 29.1 Å². The highest BCUT2D eigenvalue weighted by Gasteiger charge is 2.18. The van der Waals surface area contributed by atoms with Gasteiger partial charge < -0.3 is 14.8 Å². The van der Waals surface area contributed by atoms with Crippen LogP contribution in [0.1, 0.15) is 41.1 Å². The number of hydrogen-bond acceptors (Lipinski definition) is 5. The van der Waals surface area contributed by atoms with Crippen molar-refractivity contribution in [3.63, 3.8) is 0 Å². The van der Waals surface area contributed by atoms with E-state index < -0.39 is 5.97 Å². The van der Waals surface area contributed by atoms with Gasteiger partial charge in [0.2, 0.25) is 0 Å². The zero-order valence-corrected chi connectivity index (χ0v) is 16.1. The van der Waals surface area contributed by atoms with Crippen molar-refractivity contribution >= 4 is 39.7 Å². The van der Waals surface area contributed by atoms with Gasteiger partial charge in [0.1, 0.15) is 16.4 Å². The molecule has 144 valence electrons. The highest BCUT2D eigenvalue weighted by atomic mass is 32.1. The Balaban J connectivity index is 1.56. The van der Waals surface area contributed by atoms with E-state index in [0.29, 0.717) is 11.6 Å². The summed E-state index contributed by atoms with van der Waals surface area (Å²) in [6.45, 7) is -0.370. The van der Waals surface area contributed by atoms with E-state index in [1.54, 1.807) is 29.5 Å². The standard InChI is InChI=1S/C21H20N2O4S/c24-18(25)12-27-14-9-6-13(7-10-14)8-11-17-22-20(26)19-15-4-2-1-3-5-16(15)28-21(19)23-17/h6-11H,1-5,12H2,(H,24,25)(H,22,23,26)/b11-8+. The molecule has 1 aliphatic carbocycles. The molecule has 0 spiro atoms. The number of nitrogens with zero attached hydrogens (tertiary/aromatic N) is 1. The Kier molecular flexibility index (Phi) is 5.25. The van der Waals surface area contributed by atoms with Gasteiger partial charge in [-0.2, -0.15) is 0 Å². The van der Waals surface area contributed by atoms with Crippen molar-refractivity contribution in [2.24, 2.45) is 0 Å². The molecular weight excluding hydrogens is 376 g/mol. The fraction of sp³-hybridized carbons (Fsp3) is 0.286. The van der Waals surface area contributed by atoms with Gasteiger partial charge in [0.05, 0.1) is 5.39 Å². The Bertz CT molecular complexity index is 1100. The normalized spacial score (nSPS) is 14.1. The summed E-state index contributed by atoms with van der Waals surface area (Å²) in [6.07, 6.45) is 9.16. The number of hydrogen-bond donors (Lipinski definition) is 2. The average Bonchev–Trinajstić information content (AvgIpc) is 2.87. The average molecular weight is 396 g/mol. The Morgan fingerprint density at radius 1 is 1.18 bits per heavy atom. The van der Waals surface area contributed by atoms with Gasteiger partial charge in [0.15, 0.2) is 6.61 Å². The number of aryl methyl sites for hydroxylation is 2. The third kappa shape index (κ3) is 3.99. The van der Waals surface area contributed by atoms with Crippen molar-refractivity contribution in [3.8, 4) is 5.75 Å². The first kappa shape index (κ1) is 18.4. The quantitative estimate of drug-likeness (QED) is 0.639. The number of rotatable bonds is 5. The molecule has 2 heterocycles. The molecule has 0 atom stereocenters. The van der Waals surface area contributed by atoms with E-state index in [1.165, 1.54) is 23.3 Å². The Hall–Kier alpha value is -2.93. The summed E-state index contributed by atoms with van der Waals surface area (Å²) in [5, 5.41) is 9.40. The summed E-state index contributed by atoms with van der Waals surface area (Å²) in [5.74, 6) is 0.00738. The van der Waals surface area contributed by atoms with Crippen LogP contribution >= 0.6 is 11.3 Å². The molecule has 7 heteroatoms. The minimum atomic E-state index is -1.01. The molecule has 2 N–H and O–H groups in total. The Labute approximate surface area is 165 Å². The summed E-state index contributed by atoms with van der Waals surface area (Å²) >= 11 is 1.64. The van der Waals surface area contributed by atoms with E-state index >= 15 is 0 Å². The van der Waals surface area contributed by atoms with Gasteiger partial charge in [0.25, 0.3) is 5.56 Å². The predicted molar refractivity (Wildman–Crippen MR) is 110 cm³/mol. The van der Waals surface area contributed by atoms with Crippen molar-refractivity contribution in [1.29, 1.82) is 0 Å². The topological polar surface area (TPSA) is 92.3 Å². The number of aliphatic carboxylic acids is 1. The molecular formula is C21H20N2O4S. The van der Waals surface area contributed by atoms with Crippen LogP contribution in [0.2, 0.25) is 0 Å². The van der Waals surface area contributed by atoms with Gasteiger partial charge >= 0.3 is 5.97 Å². The molecule has 4 rings (SSSR count). The van der Waals surface area contributed by atoms with Crippen LogP contribution in [-0.2, 0) is 17.6 Å². The molecule has 6 nitrogen and oxygen atoms in total. The second-order valence-corrected chi connectivity index (χ2v) is 7.86. The van der Waals surface area contributed by atoms with Crippen LogP contribution in [0.25, 0.3) is 22.4 Å². The minimum Gasteiger partial charge on any atom is -0.482 e. The lowest BCUT2D eigenvalue weighted by molar-refractivity contribution is -0.139. The molecule has 0 radical (unpaired) electrons. The van der Waals surface area contributed by atoms with Crippen LogP contribution in [0.4, 0.5) is 0 Å². The zero-order chi connectivity index (χ0) is 19.5. The van der Waals surface area contributed by atoms with E-state index in [4.69, 9.17) is 9.84 Å². The van der Waals surface area contributed by atoms with Gasteiger partial charge in [-0.05, 0) is 55.0 Å². The summed E-state index contributed by atoms with van der Waals surface area (Å²) < 4.78 is 5.12. The Morgan fingerprint density at radius 3 is 2.75 bits per heavy atom. The van der Waals surface area contributed by atoms with E-state index in [1.807, 2.05) is 18.2 Å². The highest BCUT2D eigenvalue weighted by molar-refractivity contribution is 7.18. The Morgan fingerprint density at radius 2 is 1.96 bits per heavy atom. The van der Waals surface area contributed by atoms with Crippen molar-refractivity contribution in [1.82, 2.24) is 9.97 Å². The SMILES string of the molecule is O=C(O)COc1ccc(/C=C/c2nc3sc4c(c3c(=O)[nH]2)CCCCC4)cc1. The number of benzene rings is 1. The number of carbonyl (C=O) groups is 1. The third-order valence-electron chi connectivity index (χ3n) is 4.77. The van der Waals surface area contributed by atoms with Crippen molar-refractivity contribution in [2.45, 2.75) is 32.1 Å². The first-order valence-corrected chi connectivity index (χ1v) is 10.1. The molecule has 0 saturated carbocycles. The maximum absolute atomic E-state index is 12.6. The molecule has 3 aromatic rings. The molecule has 0 fully saturated rings. The summed E-state index contributed by atoms with van der Waals surface area (Å²) in [5.41, 5.74) is 2.02. The molecule has 1 aromatic carbocycles. The van der Waals surface area contributed by atoms with Gasteiger partial charge in [-0.25, -0.2) is 9.78 Å². The molecule has 0 aliphatic heterocycles. The van der Waals surface area contributed by atoms with E-state index in [2.05, 4.69) is 9.97 Å². The molecule has 2 aromatic heterocycles. The number of nitrogens with one attached hydrogen (secondary N) is 1. The minimum absolute atomic E-state index is 0.0681. The van der Waals surface area contributed by atoms with E-state index in [-0.39, 0.29) is 12.2 Å². The van der Waals surface area contributed by atoms with Gasteiger partial charge in [0, 0.05) is 4.88 Å². The van der Waals surface area contributed by atoms with Gasteiger partial charge in [-0.15, -0.1) is 11.3 Å². The zero-order valence-electron chi connectivity index (χ0n) is 15.2. The lowest BCUT2D eigenvalue weighted by atomic mass is 10.1. The maximum atomic E-state index is 12.6. The fourth-order valence-electron chi connectivity index (χ4n) is 3.43. The van der Waals surface area contributed by atoms with Crippen molar-refractivity contribution < 1.29 is 14.6 Å². The summed E-state index contributed by atoms with van der Waals surface area (Å²) in [6, 6.07) is 7.05. The van der Waals surface area contributed by atoms with Gasteiger partial charge in [-0.1, -0.05) is 24.6 Å². The lowest BCUT2D eigenvalue weighted by Crippen LogP contribution is -2.10. The number of thiophene rings is 1. The molecule has 0 bridgehead atoms. The van der Waals surface area contributed by atoms with Crippen LogP contribution in [0.3, 0.4) is 0 Å². The number of aromatic amines is 1. The third-order valence-corrected chi connectivity index (χ3v) is 5.96. The van der Waals surface area contributed by atoms with Crippen LogP contribution in [0, 0.1) is 0 Å². The fourth-order valence-corrected chi connectivity index (χ4v) is 4.70. The van der Waals surface area contributed by atoms with Crippen LogP contribution < -0.4 is 10.3 Å². The van der Waals surface area contributed by atoms with Crippen LogP contribution in [0.5, 0.6) is 5.75 Å². The molecule has 0 amide bonds. The second kappa shape index (κ2) is 7.98. The highest BCUT2D eigenvalue weighted by Crippen LogP contribution is 2.32. The van der Waals surface area contributed by atoms with Gasteiger partial charge in [-0.3, -0.25) is 4.79 Å². The smallest absolute Gasteiger partial charge is 0.341 e. The van der Waals surface area contributed by atoms with E-state index in [0.717, 1.165) is 35.0 Å². The number of H-pyrrole nitrogens is 1. The van der Waals surface area contributed by atoms with Crippen molar-refractivity contribution in [2.75, 3.05) is 6.61 Å². The maximum Gasteiger partial charge on any atom is 0.341 e. The molecule has 0 unspecified atom stereocenters. The largest absolute Gasteiger partial charge is 0.482 e. The monoisotopic (exact) mass is 396 g/mol. The van der Waals surface area contributed by atoms with E-state index in [9.17, 15) is 9.59 Å².